The molecule has 0 spiro atoms. The van der Waals surface area contributed by atoms with Crippen LogP contribution in [0.2, 0.25) is 0 Å². The highest BCUT2D eigenvalue weighted by atomic mass is 32.2. The fourth-order valence-corrected chi connectivity index (χ4v) is 4.55. The lowest BCUT2D eigenvalue weighted by Gasteiger charge is -2.21. The van der Waals surface area contributed by atoms with Crippen molar-refractivity contribution in [3.05, 3.63) is 120 Å². The van der Waals surface area contributed by atoms with Crippen molar-refractivity contribution in [2.75, 3.05) is 22.4 Å². The van der Waals surface area contributed by atoms with Gasteiger partial charge in [-0.3, -0.25) is 13.9 Å². The maximum atomic E-state index is 12.7. The van der Waals surface area contributed by atoms with Crippen LogP contribution in [0.4, 0.5) is 11.4 Å². The molecule has 0 aliphatic heterocycles. The fraction of sp³-hybridized carbons (Fsp3) is 0.100. The molecule has 9 nitrogen and oxygen atoms in total. The Hall–Kier alpha value is -4.96. The number of nitrogens with one attached hydrogen (secondary N) is 2. The highest BCUT2D eigenvalue weighted by Crippen LogP contribution is 2.25. The molecule has 10 heteroatoms. The molecule has 40 heavy (non-hydrogen) atoms. The summed E-state index contributed by atoms with van der Waals surface area (Å²) in [5.41, 5.74) is 4.95. The van der Waals surface area contributed by atoms with Gasteiger partial charge >= 0.3 is 0 Å². The summed E-state index contributed by atoms with van der Waals surface area (Å²) in [5.74, 6) is 0.298. The lowest BCUT2D eigenvalue weighted by atomic mass is 10.1. The van der Waals surface area contributed by atoms with Crippen LogP contribution in [-0.2, 0) is 14.8 Å². The van der Waals surface area contributed by atoms with Crippen molar-refractivity contribution >= 4 is 38.9 Å². The Balaban J connectivity index is 1.40. The number of hydrogen-bond acceptors (Lipinski definition) is 6. The number of anilines is 2. The summed E-state index contributed by atoms with van der Waals surface area (Å²) < 4.78 is 31.7. The van der Waals surface area contributed by atoms with Gasteiger partial charge < -0.3 is 10.1 Å². The SMILES string of the molecule is C/C(=N/NC(=O)CN(c1ccc(Oc2ccccc2)cc1)S(C)(=O)=O)c1cccc(NC(=O)c2ccccc2)c1. The zero-order valence-electron chi connectivity index (χ0n) is 21.9. The summed E-state index contributed by atoms with van der Waals surface area (Å²) in [6.45, 7) is 1.22. The molecule has 0 atom stereocenters. The van der Waals surface area contributed by atoms with Crippen LogP contribution >= 0.6 is 0 Å². The molecule has 0 fully saturated rings. The van der Waals surface area contributed by atoms with Crippen LogP contribution in [0.1, 0.15) is 22.8 Å². The molecule has 0 saturated carbocycles. The van der Waals surface area contributed by atoms with Crippen molar-refractivity contribution < 1.29 is 22.7 Å². The molecule has 0 unspecified atom stereocenters. The molecule has 0 bridgehead atoms. The molecule has 0 aliphatic carbocycles. The average Bonchev–Trinajstić information content (AvgIpc) is 2.96. The maximum Gasteiger partial charge on any atom is 0.260 e. The topological polar surface area (TPSA) is 117 Å². The third-order valence-electron chi connectivity index (χ3n) is 5.71. The maximum absolute atomic E-state index is 12.7. The van der Waals surface area contributed by atoms with Gasteiger partial charge in [0.1, 0.15) is 18.0 Å². The Morgan fingerprint density at radius 1 is 0.800 bits per heavy atom. The molecular weight excluding hydrogens is 528 g/mol. The Morgan fingerprint density at radius 3 is 2.05 bits per heavy atom. The molecule has 0 saturated heterocycles. The second-order valence-corrected chi connectivity index (χ2v) is 10.7. The van der Waals surface area contributed by atoms with Gasteiger partial charge in [-0.1, -0.05) is 48.5 Å². The second-order valence-electron chi connectivity index (χ2n) is 8.81. The molecule has 4 aromatic rings. The molecule has 0 aliphatic rings. The number of carbonyl (C=O) groups is 2. The Bertz CT molecular complexity index is 1610. The van der Waals surface area contributed by atoms with Gasteiger partial charge in [-0.15, -0.1) is 0 Å². The van der Waals surface area contributed by atoms with Crippen molar-refractivity contribution in [1.29, 1.82) is 0 Å². The monoisotopic (exact) mass is 556 g/mol. The number of nitrogens with zero attached hydrogens (tertiary/aromatic N) is 2. The zero-order chi connectivity index (χ0) is 28.5. The summed E-state index contributed by atoms with van der Waals surface area (Å²) in [5, 5.41) is 6.96. The predicted molar refractivity (Wildman–Crippen MR) is 156 cm³/mol. The van der Waals surface area contributed by atoms with Gasteiger partial charge in [-0.05, 0) is 73.2 Å². The molecule has 204 valence electrons. The molecular formula is C30H28N4O5S. The largest absolute Gasteiger partial charge is 0.457 e. The van der Waals surface area contributed by atoms with Gasteiger partial charge in [-0.2, -0.15) is 5.10 Å². The number of para-hydroxylation sites is 1. The van der Waals surface area contributed by atoms with Crippen molar-refractivity contribution in [3.63, 3.8) is 0 Å². The van der Waals surface area contributed by atoms with E-state index in [0.717, 1.165) is 10.6 Å². The van der Waals surface area contributed by atoms with Crippen LogP contribution in [0, 0.1) is 0 Å². The molecule has 2 amide bonds. The first-order chi connectivity index (χ1) is 19.2. The van der Waals surface area contributed by atoms with E-state index in [-0.39, 0.29) is 5.91 Å². The number of carbonyl (C=O) groups excluding carboxylic acids is 2. The van der Waals surface area contributed by atoms with E-state index in [4.69, 9.17) is 4.74 Å². The minimum Gasteiger partial charge on any atom is -0.457 e. The summed E-state index contributed by atoms with van der Waals surface area (Å²) in [7, 11) is -3.77. The quantitative estimate of drug-likeness (QED) is 0.210. The summed E-state index contributed by atoms with van der Waals surface area (Å²) in [6.07, 6.45) is 1.03. The standard InChI is InChI=1S/C30H28N4O5S/c1-22(24-12-9-13-25(20-24)31-30(36)23-10-5-3-6-11-23)32-33-29(35)21-34(40(2,37)38)26-16-18-28(19-17-26)39-27-14-7-4-8-15-27/h3-20H,21H2,1-2H3,(H,31,36)(H,33,35)/b32-22-. The molecule has 4 aromatic carbocycles. The highest BCUT2D eigenvalue weighted by molar-refractivity contribution is 7.92. The van der Waals surface area contributed by atoms with Crippen molar-refractivity contribution in [2.24, 2.45) is 5.10 Å². The van der Waals surface area contributed by atoms with Crippen LogP contribution < -0.4 is 19.8 Å². The van der Waals surface area contributed by atoms with E-state index in [2.05, 4.69) is 15.8 Å². The van der Waals surface area contributed by atoms with E-state index in [1.54, 1.807) is 91.9 Å². The van der Waals surface area contributed by atoms with Gasteiger partial charge in [-0.25, -0.2) is 13.8 Å². The van der Waals surface area contributed by atoms with Crippen LogP contribution in [0.15, 0.2) is 114 Å². The Labute approximate surface area is 233 Å². The first-order valence-electron chi connectivity index (χ1n) is 12.3. The molecule has 0 radical (unpaired) electrons. The first-order valence-corrected chi connectivity index (χ1v) is 14.1. The van der Waals surface area contributed by atoms with E-state index >= 15 is 0 Å². The van der Waals surface area contributed by atoms with Crippen LogP contribution in [0.5, 0.6) is 11.5 Å². The van der Waals surface area contributed by atoms with Crippen LogP contribution in [0.25, 0.3) is 0 Å². The predicted octanol–water partition coefficient (Wildman–Crippen LogP) is 5.04. The van der Waals surface area contributed by atoms with Crippen LogP contribution in [0.3, 0.4) is 0 Å². The van der Waals surface area contributed by atoms with Crippen molar-refractivity contribution in [1.82, 2.24) is 5.43 Å². The van der Waals surface area contributed by atoms with E-state index in [1.807, 2.05) is 24.3 Å². The second kappa shape index (κ2) is 12.7. The number of ether oxygens (including phenoxy) is 1. The Kier molecular flexibility index (Phi) is 8.93. The number of sulfonamides is 1. The lowest BCUT2D eigenvalue weighted by molar-refractivity contribution is -0.119. The van der Waals surface area contributed by atoms with E-state index in [9.17, 15) is 18.0 Å². The Morgan fingerprint density at radius 2 is 1.40 bits per heavy atom. The summed E-state index contributed by atoms with van der Waals surface area (Å²) in [4.78, 5) is 25.1. The van der Waals surface area contributed by atoms with Crippen LogP contribution in [-0.4, -0.2) is 38.7 Å². The summed E-state index contributed by atoms with van der Waals surface area (Å²) >= 11 is 0. The average molecular weight is 557 g/mol. The number of hydrazone groups is 1. The third-order valence-corrected chi connectivity index (χ3v) is 6.85. The normalized spacial score (nSPS) is 11.4. The van der Waals surface area contributed by atoms with Gasteiger partial charge in [0.2, 0.25) is 10.0 Å². The highest BCUT2D eigenvalue weighted by Gasteiger charge is 2.21. The molecule has 0 heterocycles. The fourth-order valence-electron chi connectivity index (χ4n) is 3.70. The van der Waals surface area contributed by atoms with E-state index in [1.165, 1.54) is 0 Å². The minimum atomic E-state index is -3.77. The number of rotatable bonds is 10. The minimum absolute atomic E-state index is 0.249. The van der Waals surface area contributed by atoms with Gasteiger partial charge in [0.15, 0.2) is 0 Å². The molecule has 4 rings (SSSR count). The number of benzene rings is 4. The first kappa shape index (κ1) is 28.1. The molecule has 2 N–H and O–H groups in total. The van der Waals surface area contributed by atoms with E-state index < -0.39 is 22.5 Å². The van der Waals surface area contributed by atoms with Crippen molar-refractivity contribution in [2.45, 2.75) is 6.92 Å². The number of hydrogen-bond donors (Lipinski definition) is 2. The van der Waals surface area contributed by atoms with Gasteiger partial charge in [0.25, 0.3) is 11.8 Å². The third kappa shape index (κ3) is 7.78. The zero-order valence-corrected chi connectivity index (χ0v) is 22.8. The van der Waals surface area contributed by atoms with Crippen molar-refractivity contribution in [3.8, 4) is 11.5 Å². The van der Waals surface area contributed by atoms with E-state index in [0.29, 0.717) is 39.7 Å². The smallest absolute Gasteiger partial charge is 0.260 e. The van der Waals surface area contributed by atoms with Gasteiger partial charge in [0.05, 0.1) is 17.7 Å². The van der Waals surface area contributed by atoms with Gasteiger partial charge in [0, 0.05) is 11.3 Å². The lowest BCUT2D eigenvalue weighted by Crippen LogP contribution is -2.39. The summed E-state index contributed by atoms with van der Waals surface area (Å²) in [6, 6.07) is 31.4. The molecule has 0 aromatic heterocycles. The number of amides is 2.